The lowest BCUT2D eigenvalue weighted by Crippen LogP contribution is -2.35. The summed E-state index contributed by atoms with van der Waals surface area (Å²) in [4.78, 5) is 18.9. The molecule has 1 aromatic heterocycles. The maximum atomic E-state index is 13.1. The van der Waals surface area contributed by atoms with E-state index < -0.39 is 0 Å². The predicted octanol–water partition coefficient (Wildman–Crippen LogP) is 4.22. The zero-order valence-corrected chi connectivity index (χ0v) is 14.8. The number of fused-ring (bicyclic) bond motifs is 1. The van der Waals surface area contributed by atoms with Crippen LogP contribution < -0.4 is 5.43 Å². The summed E-state index contributed by atoms with van der Waals surface area (Å²) < 4.78 is 0. The van der Waals surface area contributed by atoms with Crippen molar-refractivity contribution in [3.8, 4) is 0 Å². The highest BCUT2D eigenvalue weighted by Gasteiger charge is 2.20. The first-order chi connectivity index (χ1) is 11.0. The van der Waals surface area contributed by atoms with Crippen molar-refractivity contribution in [3.63, 3.8) is 0 Å². The Balaban J connectivity index is 1.99. The molecule has 23 heavy (non-hydrogen) atoms. The van der Waals surface area contributed by atoms with Crippen LogP contribution in [0.5, 0.6) is 0 Å². The lowest BCUT2D eigenvalue weighted by molar-refractivity contribution is 0.184. The topological polar surface area (TPSA) is 36.1 Å². The van der Waals surface area contributed by atoms with E-state index in [2.05, 4.69) is 36.0 Å². The Hall–Kier alpha value is -1.61. The van der Waals surface area contributed by atoms with Gasteiger partial charge in [0.05, 0.1) is 5.52 Å². The molecule has 3 nitrogen and oxygen atoms in total. The van der Waals surface area contributed by atoms with E-state index in [1.54, 1.807) is 0 Å². The van der Waals surface area contributed by atoms with Gasteiger partial charge in [-0.3, -0.25) is 9.69 Å². The fourth-order valence-electron chi connectivity index (χ4n) is 4.06. The number of aromatic amines is 1. The van der Waals surface area contributed by atoms with Crippen LogP contribution in [0.3, 0.4) is 0 Å². The van der Waals surface area contributed by atoms with Crippen molar-refractivity contribution in [2.45, 2.75) is 65.5 Å². The van der Waals surface area contributed by atoms with Crippen LogP contribution in [0.25, 0.3) is 10.9 Å². The molecule has 1 saturated carbocycles. The Kier molecular flexibility index (Phi) is 4.58. The molecule has 0 spiro atoms. The van der Waals surface area contributed by atoms with Crippen molar-refractivity contribution >= 4 is 10.9 Å². The highest BCUT2D eigenvalue weighted by molar-refractivity contribution is 5.83. The van der Waals surface area contributed by atoms with Gasteiger partial charge in [0.2, 0.25) is 0 Å². The Morgan fingerprint density at radius 3 is 2.52 bits per heavy atom. The van der Waals surface area contributed by atoms with Crippen LogP contribution in [-0.2, 0) is 6.54 Å². The number of rotatable bonds is 3. The van der Waals surface area contributed by atoms with Crippen LogP contribution in [0.15, 0.2) is 16.9 Å². The molecule has 0 saturated heterocycles. The third kappa shape index (κ3) is 3.20. The molecule has 0 bridgehead atoms. The van der Waals surface area contributed by atoms with Gasteiger partial charge in [-0.2, -0.15) is 0 Å². The Morgan fingerprint density at radius 2 is 1.83 bits per heavy atom. The Labute approximate surface area is 138 Å². The molecule has 0 radical (unpaired) electrons. The Bertz CT molecular complexity index is 769. The molecule has 1 aliphatic rings. The number of nitrogens with zero attached hydrogens (tertiary/aromatic N) is 1. The largest absolute Gasteiger partial charge is 0.358 e. The first kappa shape index (κ1) is 16.3. The van der Waals surface area contributed by atoms with Crippen LogP contribution in [0.2, 0.25) is 0 Å². The lowest BCUT2D eigenvalue weighted by atomic mass is 9.94. The molecule has 1 aromatic carbocycles. The van der Waals surface area contributed by atoms with Gasteiger partial charge in [0.1, 0.15) is 0 Å². The summed E-state index contributed by atoms with van der Waals surface area (Å²) in [6.07, 6.45) is 6.53. The monoisotopic (exact) mass is 312 g/mol. The number of pyridine rings is 1. The van der Waals surface area contributed by atoms with Crippen molar-refractivity contribution in [2.24, 2.45) is 0 Å². The molecule has 1 fully saturated rings. The molecule has 0 atom stereocenters. The minimum Gasteiger partial charge on any atom is -0.358 e. The molecule has 0 unspecified atom stereocenters. The first-order valence-electron chi connectivity index (χ1n) is 8.80. The van der Waals surface area contributed by atoms with Crippen molar-refractivity contribution in [3.05, 3.63) is 44.7 Å². The number of benzene rings is 1. The number of H-pyrrole nitrogens is 1. The van der Waals surface area contributed by atoms with Gasteiger partial charge in [0.25, 0.3) is 0 Å². The molecular formula is C20H28N2O. The van der Waals surface area contributed by atoms with Crippen molar-refractivity contribution in [1.82, 2.24) is 9.88 Å². The maximum Gasteiger partial charge on any atom is 0.194 e. The summed E-state index contributed by atoms with van der Waals surface area (Å²) in [6.45, 7) is 6.89. The fraction of sp³-hybridized carbons (Fsp3) is 0.550. The van der Waals surface area contributed by atoms with Crippen molar-refractivity contribution in [1.29, 1.82) is 0 Å². The van der Waals surface area contributed by atoms with Crippen LogP contribution >= 0.6 is 0 Å². The third-order valence-electron chi connectivity index (χ3n) is 5.36. The minimum atomic E-state index is 0.205. The molecular weight excluding hydrogens is 284 g/mol. The lowest BCUT2D eigenvalue weighted by Gasteiger charge is -2.31. The number of aromatic nitrogens is 1. The minimum absolute atomic E-state index is 0.205. The second kappa shape index (κ2) is 6.48. The second-order valence-electron chi connectivity index (χ2n) is 7.27. The van der Waals surface area contributed by atoms with E-state index in [1.165, 1.54) is 37.7 Å². The molecule has 3 rings (SSSR count). The SMILES string of the molecule is Cc1cc(C)c2c(=O)c(CN(C)C3CCCCC3)c(C)[nH]c2c1. The van der Waals surface area contributed by atoms with Gasteiger partial charge < -0.3 is 4.98 Å². The van der Waals surface area contributed by atoms with Gasteiger partial charge in [-0.15, -0.1) is 0 Å². The van der Waals surface area contributed by atoms with Crippen LogP contribution in [0.4, 0.5) is 0 Å². The van der Waals surface area contributed by atoms with Gasteiger partial charge >= 0.3 is 0 Å². The van der Waals surface area contributed by atoms with Crippen molar-refractivity contribution in [2.75, 3.05) is 7.05 Å². The van der Waals surface area contributed by atoms with Crippen LogP contribution in [0.1, 0.15) is 54.5 Å². The highest BCUT2D eigenvalue weighted by atomic mass is 16.1. The molecule has 0 amide bonds. The second-order valence-corrected chi connectivity index (χ2v) is 7.27. The molecule has 2 aromatic rings. The van der Waals surface area contributed by atoms with E-state index in [0.29, 0.717) is 6.04 Å². The van der Waals surface area contributed by atoms with E-state index in [9.17, 15) is 4.79 Å². The average molecular weight is 312 g/mol. The first-order valence-corrected chi connectivity index (χ1v) is 8.80. The summed E-state index contributed by atoms with van der Waals surface area (Å²) in [5, 5.41) is 0.855. The molecule has 1 heterocycles. The standard InChI is InChI=1S/C20H28N2O/c1-13-10-14(2)19-18(11-13)21-15(3)17(20(19)23)12-22(4)16-8-6-5-7-9-16/h10-11,16H,5-9,12H2,1-4H3,(H,21,23). The number of aryl methyl sites for hydroxylation is 3. The third-order valence-corrected chi connectivity index (χ3v) is 5.36. The normalized spacial score (nSPS) is 16.4. The van der Waals surface area contributed by atoms with Crippen molar-refractivity contribution < 1.29 is 0 Å². The van der Waals surface area contributed by atoms with E-state index >= 15 is 0 Å². The quantitative estimate of drug-likeness (QED) is 0.921. The van der Waals surface area contributed by atoms with Gasteiger partial charge in [-0.25, -0.2) is 0 Å². The van der Waals surface area contributed by atoms with Gasteiger partial charge in [0.15, 0.2) is 5.43 Å². The summed E-state index contributed by atoms with van der Waals surface area (Å²) in [7, 11) is 2.17. The van der Waals surface area contributed by atoms with Gasteiger partial charge in [-0.1, -0.05) is 25.3 Å². The molecule has 3 heteroatoms. The van der Waals surface area contributed by atoms with E-state index in [4.69, 9.17) is 0 Å². The van der Waals surface area contributed by atoms with Gasteiger partial charge in [0, 0.05) is 29.2 Å². The zero-order chi connectivity index (χ0) is 16.6. The summed E-state index contributed by atoms with van der Waals surface area (Å²) in [5.41, 5.74) is 5.37. The van der Waals surface area contributed by atoms with Gasteiger partial charge in [-0.05, 0) is 57.9 Å². The molecule has 1 N–H and O–H groups in total. The van der Waals surface area contributed by atoms with E-state index in [1.807, 2.05) is 13.8 Å². The number of hydrogen-bond acceptors (Lipinski definition) is 2. The number of nitrogens with one attached hydrogen (secondary N) is 1. The molecule has 124 valence electrons. The maximum absolute atomic E-state index is 13.1. The number of hydrogen-bond donors (Lipinski definition) is 1. The summed E-state index contributed by atoms with van der Waals surface area (Å²) in [5.74, 6) is 0. The average Bonchev–Trinajstić information content (AvgIpc) is 2.51. The summed E-state index contributed by atoms with van der Waals surface area (Å²) >= 11 is 0. The van der Waals surface area contributed by atoms with Crippen LogP contribution in [0, 0.1) is 20.8 Å². The fourth-order valence-corrected chi connectivity index (χ4v) is 4.06. The molecule has 0 aliphatic heterocycles. The Morgan fingerprint density at radius 1 is 1.13 bits per heavy atom. The molecule has 1 aliphatic carbocycles. The smallest absolute Gasteiger partial charge is 0.194 e. The van der Waals surface area contributed by atoms with E-state index in [0.717, 1.165) is 34.3 Å². The zero-order valence-electron chi connectivity index (χ0n) is 14.8. The summed E-state index contributed by atoms with van der Waals surface area (Å²) in [6, 6.07) is 4.80. The predicted molar refractivity (Wildman–Crippen MR) is 97.1 cm³/mol. The van der Waals surface area contributed by atoms with Crippen LogP contribution in [-0.4, -0.2) is 23.0 Å². The van der Waals surface area contributed by atoms with E-state index in [-0.39, 0.29) is 5.43 Å². The highest BCUT2D eigenvalue weighted by Crippen LogP contribution is 2.24.